The maximum absolute atomic E-state index is 10.1. The zero-order chi connectivity index (χ0) is 9.02. The Morgan fingerprint density at radius 1 is 1.27 bits per heavy atom. The molecule has 0 unspecified atom stereocenters. The maximum Gasteiger partial charge on any atom is 0.301 e. The van der Waals surface area contributed by atoms with Crippen molar-refractivity contribution in [2.24, 2.45) is 0 Å². The molecule has 0 aliphatic heterocycles. The minimum absolute atomic E-state index is 0.282. The Kier molecular flexibility index (Phi) is 4.84. The van der Waals surface area contributed by atoms with Gasteiger partial charge in [0.25, 0.3) is 0 Å². The zero-order valence-corrected chi connectivity index (χ0v) is 7.88. The summed E-state index contributed by atoms with van der Waals surface area (Å²) in [6.45, 7) is 0. The van der Waals surface area contributed by atoms with Gasteiger partial charge in [-0.3, -0.25) is 10.1 Å². The van der Waals surface area contributed by atoms with Crippen molar-refractivity contribution in [1.82, 2.24) is 0 Å². The van der Waals surface area contributed by atoms with Crippen LogP contribution < -0.4 is 0 Å². The van der Waals surface area contributed by atoms with E-state index in [0.29, 0.717) is 0 Å². The molecule has 0 spiro atoms. The summed E-state index contributed by atoms with van der Waals surface area (Å²) in [7, 11) is 0. The van der Waals surface area contributed by atoms with Gasteiger partial charge in [-0.05, 0) is 0 Å². The Bertz CT molecular complexity index is 226. The van der Waals surface area contributed by atoms with Crippen LogP contribution in [-0.4, -0.2) is 4.92 Å². The van der Waals surface area contributed by atoms with Gasteiger partial charge in [0.1, 0.15) is 4.49 Å². The molecular weight excluding hydrogens is 236 g/mol. The molecule has 0 heterocycles. The van der Waals surface area contributed by atoms with Gasteiger partial charge in [-0.15, -0.1) is 0 Å². The molecule has 7 heteroatoms. The summed E-state index contributed by atoms with van der Waals surface area (Å²) in [5.74, 6) is 0. The molecule has 0 fully saturated rings. The highest BCUT2D eigenvalue weighted by molar-refractivity contribution is 6.57. The lowest BCUT2D eigenvalue weighted by Crippen LogP contribution is -1.95. The van der Waals surface area contributed by atoms with E-state index < -0.39 is 15.1 Å². The third-order valence-electron chi connectivity index (χ3n) is 0.636. The molecule has 3 nitrogen and oxygen atoms in total. The number of nitrogens with zero attached hydrogens (tertiary/aromatic N) is 1. The van der Waals surface area contributed by atoms with Crippen molar-refractivity contribution in [2.45, 2.75) is 0 Å². The van der Waals surface area contributed by atoms with Gasteiger partial charge in [0, 0.05) is 6.08 Å². The molecule has 0 amide bonds. The van der Waals surface area contributed by atoms with Crippen molar-refractivity contribution in [1.29, 1.82) is 0 Å². The summed E-state index contributed by atoms with van der Waals surface area (Å²) in [5.41, 5.74) is -0.534. The Morgan fingerprint density at radius 3 is 1.82 bits per heavy atom. The van der Waals surface area contributed by atoms with E-state index in [1.807, 2.05) is 0 Å². The van der Waals surface area contributed by atoms with Gasteiger partial charge >= 0.3 is 5.70 Å². The second-order valence-electron chi connectivity index (χ2n) is 1.34. The normalized spacial score (nSPS) is 8.73. The Hall–Kier alpha value is 0.0400. The van der Waals surface area contributed by atoms with Crippen molar-refractivity contribution in [2.75, 3.05) is 0 Å². The van der Waals surface area contributed by atoms with Crippen LogP contribution in [0.1, 0.15) is 0 Å². The Balaban J connectivity index is 4.81. The van der Waals surface area contributed by atoms with E-state index in [-0.39, 0.29) is 4.49 Å². The van der Waals surface area contributed by atoms with Crippen LogP contribution in [0.5, 0.6) is 0 Å². The van der Waals surface area contributed by atoms with Crippen molar-refractivity contribution in [3.63, 3.8) is 0 Å². The molecular formula is C4HCl4NO2. The van der Waals surface area contributed by atoms with Gasteiger partial charge in [0.05, 0.1) is 4.92 Å². The third-order valence-corrected chi connectivity index (χ3v) is 1.24. The summed E-state index contributed by atoms with van der Waals surface area (Å²) in [6, 6.07) is 0. The monoisotopic (exact) mass is 235 g/mol. The number of allylic oxidation sites excluding steroid dienone is 1. The van der Waals surface area contributed by atoms with Crippen LogP contribution in [0.3, 0.4) is 0 Å². The predicted molar refractivity (Wildman–Crippen MR) is 45.5 cm³/mol. The van der Waals surface area contributed by atoms with Crippen LogP contribution in [-0.2, 0) is 0 Å². The van der Waals surface area contributed by atoms with E-state index in [1.54, 1.807) is 0 Å². The van der Waals surface area contributed by atoms with Crippen LogP contribution in [0.4, 0.5) is 0 Å². The minimum Gasteiger partial charge on any atom is -0.258 e. The van der Waals surface area contributed by atoms with E-state index in [1.165, 1.54) is 0 Å². The fourth-order valence-corrected chi connectivity index (χ4v) is 0.733. The highest BCUT2D eigenvalue weighted by Gasteiger charge is 2.12. The summed E-state index contributed by atoms with van der Waals surface area (Å²) in [6.07, 6.45) is 0.846. The molecule has 11 heavy (non-hydrogen) atoms. The highest BCUT2D eigenvalue weighted by atomic mass is 35.5. The molecule has 0 aromatic heterocycles. The first-order valence-electron chi connectivity index (χ1n) is 2.17. The lowest BCUT2D eigenvalue weighted by Gasteiger charge is -1.89. The molecule has 0 N–H and O–H groups in total. The molecule has 0 aliphatic carbocycles. The maximum atomic E-state index is 10.1. The standard InChI is InChI=1S/C4HCl4NO2/c5-3(6)1-2(4(7)8)9(10)11/h1H. The van der Waals surface area contributed by atoms with E-state index in [2.05, 4.69) is 0 Å². The number of halogens is 4. The predicted octanol–water partition coefficient (Wildman–Crippen LogP) is 3.23. The van der Waals surface area contributed by atoms with E-state index in [4.69, 9.17) is 46.4 Å². The van der Waals surface area contributed by atoms with Crippen LogP contribution in [0.15, 0.2) is 20.8 Å². The number of nitro groups is 1. The van der Waals surface area contributed by atoms with E-state index in [0.717, 1.165) is 6.08 Å². The van der Waals surface area contributed by atoms with Crippen molar-refractivity contribution in [3.8, 4) is 0 Å². The van der Waals surface area contributed by atoms with Gasteiger partial charge in [-0.1, -0.05) is 46.4 Å². The lowest BCUT2D eigenvalue weighted by molar-refractivity contribution is -0.419. The summed E-state index contributed by atoms with van der Waals surface area (Å²) in [5, 5.41) is 10.1. The summed E-state index contributed by atoms with van der Waals surface area (Å²) in [4.78, 5) is 9.30. The molecule has 0 aromatic rings. The molecule has 0 aliphatic rings. The number of hydrogen-bond acceptors (Lipinski definition) is 2. The second kappa shape index (κ2) is 4.83. The topological polar surface area (TPSA) is 43.1 Å². The first kappa shape index (κ1) is 11.0. The molecule has 0 atom stereocenters. The molecule has 0 radical (unpaired) electrons. The van der Waals surface area contributed by atoms with Crippen LogP contribution in [0, 0.1) is 10.1 Å². The van der Waals surface area contributed by atoms with Gasteiger partial charge in [-0.25, -0.2) is 0 Å². The SMILES string of the molecule is O=[N+]([O-])C(C=C(Cl)Cl)=C(Cl)Cl. The molecule has 0 rings (SSSR count). The van der Waals surface area contributed by atoms with Crippen molar-refractivity contribution in [3.05, 3.63) is 30.9 Å². The second-order valence-corrected chi connectivity index (χ2v) is 3.29. The molecule has 0 bridgehead atoms. The molecule has 62 valence electrons. The van der Waals surface area contributed by atoms with Crippen molar-refractivity contribution >= 4 is 46.4 Å². The lowest BCUT2D eigenvalue weighted by atomic mass is 10.5. The first-order valence-corrected chi connectivity index (χ1v) is 3.68. The van der Waals surface area contributed by atoms with E-state index >= 15 is 0 Å². The average molecular weight is 237 g/mol. The van der Waals surface area contributed by atoms with Gasteiger partial charge in [-0.2, -0.15) is 0 Å². The quantitative estimate of drug-likeness (QED) is 0.420. The van der Waals surface area contributed by atoms with E-state index in [9.17, 15) is 10.1 Å². The Labute approximate surface area is 82.3 Å². The molecule has 0 aromatic carbocycles. The first-order chi connectivity index (χ1) is 4.95. The van der Waals surface area contributed by atoms with Crippen LogP contribution in [0.25, 0.3) is 0 Å². The summed E-state index contributed by atoms with van der Waals surface area (Å²) < 4.78 is -0.774. The minimum atomic E-state index is -0.792. The molecule has 0 saturated heterocycles. The van der Waals surface area contributed by atoms with Crippen LogP contribution in [0.2, 0.25) is 0 Å². The third kappa shape index (κ3) is 4.48. The molecule has 0 saturated carbocycles. The van der Waals surface area contributed by atoms with Gasteiger partial charge in [0.2, 0.25) is 0 Å². The fourth-order valence-electron chi connectivity index (χ4n) is 0.280. The Morgan fingerprint density at radius 2 is 1.73 bits per heavy atom. The smallest absolute Gasteiger partial charge is 0.258 e. The van der Waals surface area contributed by atoms with Gasteiger partial charge in [0.15, 0.2) is 4.49 Å². The fraction of sp³-hybridized carbons (Fsp3) is 0. The average Bonchev–Trinajstić information content (AvgIpc) is 1.81. The zero-order valence-electron chi connectivity index (χ0n) is 4.85. The highest BCUT2D eigenvalue weighted by Crippen LogP contribution is 2.19. The van der Waals surface area contributed by atoms with Gasteiger partial charge < -0.3 is 0 Å². The summed E-state index contributed by atoms with van der Waals surface area (Å²) >= 11 is 20.5. The number of hydrogen-bond donors (Lipinski definition) is 0. The largest absolute Gasteiger partial charge is 0.301 e. The van der Waals surface area contributed by atoms with Crippen molar-refractivity contribution < 1.29 is 4.92 Å². The number of rotatable bonds is 2. The van der Waals surface area contributed by atoms with Crippen LogP contribution >= 0.6 is 46.4 Å².